The fourth-order valence-corrected chi connectivity index (χ4v) is 3.91. The van der Waals surface area contributed by atoms with Crippen LogP contribution >= 0.6 is 0 Å². The van der Waals surface area contributed by atoms with Gasteiger partial charge in [0.25, 0.3) is 0 Å². The van der Waals surface area contributed by atoms with Crippen molar-refractivity contribution < 1.29 is 23.5 Å². The Balaban J connectivity index is 2.31. The molecular formula is C17H26O5Si. The SMILES string of the molecule is COC(=O)C1=CO[C@@H](O[Si](C)(C)C(C)(C)C)[C@@H]2C(C=O)=CC[C@H]12. The average Bonchev–Trinajstić information content (AvgIpc) is 2.89. The van der Waals surface area contributed by atoms with Crippen LogP contribution in [0.25, 0.3) is 0 Å². The number of rotatable bonds is 4. The Morgan fingerprint density at radius 2 is 2.04 bits per heavy atom. The Morgan fingerprint density at radius 3 is 2.57 bits per heavy atom. The zero-order valence-electron chi connectivity index (χ0n) is 14.7. The van der Waals surface area contributed by atoms with E-state index in [0.717, 1.165) is 6.29 Å². The van der Waals surface area contributed by atoms with Gasteiger partial charge in [0, 0.05) is 5.92 Å². The minimum absolute atomic E-state index is 0.0296. The van der Waals surface area contributed by atoms with E-state index < -0.39 is 20.6 Å². The summed E-state index contributed by atoms with van der Waals surface area (Å²) in [4.78, 5) is 23.4. The Bertz CT molecular complexity index is 556. The lowest BCUT2D eigenvalue weighted by Crippen LogP contribution is -2.48. The van der Waals surface area contributed by atoms with E-state index in [0.29, 0.717) is 17.6 Å². The van der Waals surface area contributed by atoms with Crippen molar-refractivity contribution in [2.24, 2.45) is 11.8 Å². The minimum Gasteiger partial charge on any atom is -0.472 e. The molecule has 0 unspecified atom stereocenters. The Morgan fingerprint density at radius 1 is 1.39 bits per heavy atom. The van der Waals surface area contributed by atoms with Crippen LogP contribution in [0.15, 0.2) is 23.5 Å². The summed E-state index contributed by atoms with van der Waals surface area (Å²) < 4.78 is 16.9. The first-order valence-corrected chi connectivity index (χ1v) is 10.8. The van der Waals surface area contributed by atoms with Gasteiger partial charge in [0.2, 0.25) is 0 Å². The molecule has 1 heterocycles. The van der Waals surface area contributed by atoms with Gasteiger partial charge in [-0.05, 0) is 30.1 Å². The molecule has 0 spiro atoms. The van der Waals surface area contributed by atoms with Crippen LogP contribution in [0.2, 0.25) is 18.1 Å². The molecule has 6 heteroatoms. The van der Waals surface area contributed by atoms with Crippen molar-refractivity contribution in [3.63, 3.8) is 0 Å². The van der Waals surface area contributed by atoms with Crippen LogP contribution in [0.4, 0.5) is 0 Å². The number of esters is 1. The summed E-state index contributed by atoms with van der Waals surface area (Å²) in [6.45, 7) is 10.7. The van der Waals surface area contributed by atoms with E-state index in [1.165, 1.54) is 13.4 Å². The standard InChI is InChI=1S/C17H26O5Si/c1-17(2,3)23(5,6)22-16-14-11(9-18)7-8-12(14)13(10-21-16)15(19)20-4/h7,9-10,12,14,16H,8H2,1-6H3/t12-,14-,16+/m1/s1. The number of aldehydes is 1. The number of hydrogen-bond acceptors (Lipinski definition) is 5. The lowest BCUT2D eigenvalue weighted by molar-refractivity contribution is -0.141. The maximum absolute atomic E-state index is 11.9. The van der Waals surface area contributed by atoms with Crippen LogP contribution in [-0.2, 0) is 23.5 Å². The fourth-order valence-electron chi connectivity index (χ4n) is 2.77. The fraction of sp³-hybridized carbons (Fsp3) is 0.647. The maximum Gasteiger partial charge on any atom is 0.337 e. The van der Waals surface area contributed by atoms with Gasteiger partial charge >= 0.3 is 5.97 Å². The number of carbonyl (C=O) groups is 2. The Kier molecular flexibility index (Phi) is 4.87. The van der Waals surface area contributed by atoms with Crippen molar-refractivity contribution in [2.75, 3.05) is 7.11 Å². The molecule has 0 bridgehead atoms. The molecule has 0 saturated heterocycles. The van der Waals surface area contributed by atoms with Crippen LogP contribution in [0.5, 0.6) is 0 Å². The summed E-state index contributed by atoms with van der Waals surface area (Å²) in [6, 6.07) is 0. The van der Waals surface area contributed by atoms with Gasteiger partial charge < -0.3 is 13.9 Å². The van der Waals surface area contributed by atoms with Gasteiger partial charge in [0.1, 0.15) is 6.29 Å². The van der Waals surface area contributed by atoms with Crippen LogP contribution in [0.3, 0.4) is 0 Å². The lowest BCUT2D eigenvalue weighted by atomic mass is 9.84. The smallest absolute Gasteiger partial charge is 0.337 e. The van der Waals surface area contributed by atoms with E-state index in [2.05, 4.69) is 33.9 Å². The highest BCUT2D eigenvalue weighted by Gasteiger charge is 2.48. The highest BCUT2D eigenvalue weighted by Crippen LogP contribution is 2.46. The van der Waals surface area contributed by atoms with Gasteiger partial charge in [-0.15, -0.1) is 0 Å². The second-order valence-corrected chi connectivity index (χ2v) is 12.4. The molecule has 1 aliphatic heterocycles. The summed E-state index contributed by atoms with van der Waals surface area (Å²) in [7, 11) is -0.719. The summed E-state index contributed by atoms with van der Waals surface area (Å²) in [5, 5.41) is 0.0296. The summed E-state index contributed by atoms with van der Waals surface area (Å²) >= 11 is 0. The molecule has 2 aliphatic rings. The highest BCUT2D eigenvalue weighted by molar-refractivity contribution is 6.74. The maximum atomic E-state index is 11.9. The Hall–Kier alpha value is -1.40. The summed E-state index contributed by atoms with van der Waals surface area (Å²) in [5.74, 6) is -0.779. The van der Waals surface area contributed by atoms with Gasteiger partial charge in [-0.3, -0.25) is 4.79 Å². The van der Waals surface area contributed by atoms with E-state index in [-0.39, 0.29) is 16.9 Å². The molecule has 0 aromatic heterocycles. The van der Waals surface area contributed by atoms with Crippen molar-refractivity contribution in [3.05, 3.63) is 23.5 Å². The molecule has 128 valence electrons. The normalized spacial score (nSPS) is 27.5. The molecular weight excluding hydrogens is 312 g/mol. The van der Waals surface area contributed by atoms with E-state index in [9.17, 15) is 9.59 Å². The molecule has 0 radical (unpaired) electrons. The van der Waals surface area contributed by atoms with E-state index in [1.54, 1.807) is 0 Å². The number of hydrogen-bond donors (Lipinski definition) is 0. The molecule has 0 aromatic rings. The van der Waals surface area contributed by atoms with Gasteiger partial charge in [-0.25, -0.2) is 4.79 Å². The molecule has 2 rings (SSSR count). The second kappa shape index (κ2) is 6.24. The molecule has 0 aromatic carbocycles. The third kappa shape index (κ3) is 3.28. The zero-order valence-corrected chi connectivity index (χ0v) is 15.7. The molecule has 0 N–H and O–H groups in total. The quantitative estimate of drug-likeness (QED) is 0.447. The van der Waals surface area contributed by atoms with Crippen molar-refractivity contribution >= 4 is 20.6 Å². The van der Waals surface area contributed by atoms with Gasteiger partial charge in [-0.1, -0.05) is 26.8 Å². The number of carbonyl (C=O) groups excluding carboxylic acids is 2. The van der Waals surface area contributed by atoms with Crippen molar-refractivity contribution in [3.8, 4) is 0 Å². The van der Waals surface area contributed by atoms with Crippen molar-refractivity contribution in [1.29, 1.82) is 0 Å². The molecule has 23 heavy (non-hydrogen) atoms. The summed E-state index contributed by atoms with van der Waals surface area (Å²) in [5.41, 5.74) is 1.12. The van der Waals surface area contributed by atoms with Crippen molar-refractivity contribution in [2.45, 2.75) is 51.6 Å². The molecule has 0 fully saturated rings. The molecule has 0 amide bonds. The Labute approximate surface area is 138 Å². The number of methoxy groups -OCH3 is 1. The largest absolute Gasteiger partial charge is 0.472 e. The van der Waals surface area contributed by atoms with E-state index >= 15 is 0 Å². The first-order valence-electron chi connectivity index (χ1n) is 7.89. The third-order valence-corrected chi connectivity index (χ3v) is 9.66. The summed E-state index contributed by atoms with van der Waals surface area (Å²) in [6.07, 6.45) is 4.26. The minimum atomic E-state index is -2.07. The number of allylic oxidation sites excluding steroid dienone is 1. The molecule has 3 atom stereocenters. The van der Waals surface area contributed by atoms with Crippen LogP contribution in [-0.4, -0.2) is 34.0 Å². The van der Waals surface area contributed by atoms with Gasteiger partial charge in [-0.2, -0.15) is 0 Å². The predicted octanol–water partition coefficient (Wildman–Crippen LogP) is 3.18. The van der Waals surface area contributed by atoms with Crippen LogP contribution in [0.1, 0.15) is 27.2 Å². The van der Waals surface area contributed by atoms with E-state index in [1.807, 2.05) is 6.08 Å². The molecule has 1 aliphatic carbocycles. The number of ether oxygens (including phenoxy) is 2. The van der Waals surface area contributed by atoms with E-state index in [4.69, 9.17) is 13.9 Å². The van der Waals surface area contributed by atoms with Gasteiger partial charge in [0.15, 0.2) is 14.6 Å². The molecule has 0 saturated carbocycles. The lowest BCUT2D eigenvalue weighted by Gasteiger charge is -2.43. The van der Waals surface area contributed by atoms with Crippen molar-refractivity contribution in [1.82, 2.24) is 0 Å². The third-order valence-electron chi connectivity index (χ3n) is 5.22. The predicted molar refractivity (Wildman–Crippen MR) is 89.0 cm³/mol. The highest BCUT2D eigenvalue weighted by atomic mass is 28.4. The zero-order chi connectivity index (χ0) is 17.4. The van der Waals surface area contributed by atoms with Gasteiger partial charge in [0.05, 0.1) is 24.9 Å². The average molecular weight is 338 g/mol. The second-order valence-electron chi connectivity index (χ2n) is 7.64. The van der Waals surface area contributed by atoms with Crippen LogP contribution < -0.4 is 0 Å². The topological polar surface area (TPSA) is 61.8 Å². The van der Waals surface area contributed by atoms with Crippen LogP contribution in [0, 0.1) is 11.8 Å². The monoisotopic (exact) mass is 338 g/mol. The molecule has 5 nitrogen and oxygen atoms in total. The number of fused-ring (bicyclic) bond motifs is 1. The first kappa shape index (κ1) is 17.9. The first-order chi connectivity index (χ1) is 10.6.